The van der Waals surface area contributed by atoms with Crippen molar-refractivity contribution >= 4 is 17.4 Å². The zero-order valence-electron chi connectivity index (χ0n) is 9.47. The molecule has 17 heavy (non-hydrogen) atoms. The number of anilines is 1. The third-order valence-corrected chi connectivity index (χ3v) is 2.27. The zero-order chi connectivity index (χ0) is 12.8. The number of hydrogen-bond acceptors (Lipinski definition) is 2. The molecule has 1 aromatic carbocycles. The Kier molecular flexibility index (Phi) is 4.22. The highest BCUT2D eigenvalue weighted by Gasteiger charge is 2.23. The molecular weight excluding hydrogens is 214 g/mol. The van der Waals surface area contributed by atoms with Gasteiger partial charge in [-0.3, -0.25) is 15.1 Å². The fourth-order valence-electron chi connectivity index (χ4n) is 1.48. The molecule has 88 valence electrons. The predicted octanol–water partition coefficient (Wildman–Crippen LogP) is 1.70. The average Bonchev–Trinajstić information content (AvgIpc) is 2.35. The topological polar surface area (TPSA) is 70.2 Å². The number of nitrogens with zero attached hydrogens (tertiary/aromatic N) is 1. The minimum absolute atomic E-state index is 0.140. The molecule has 4 heteroatoms. The molecule has 0 saturated carbocycles. The Balaban J connectivity index is 3.21. The summed E-state index contributed by atoms with van der Waals surface area (Å²) in [5.74, 6) is -0.463. The van der Waals surface area contributed by atoms with Crippen molar-refractivity contribution in [1.82, 2.24) is 0 Å². The van der Waals surface area contributed by atoms with E-state index in [9.17, 15) is 4.79 Å². The fraction of sp³-hybridized carbons (Fsp3) is 0.0769. The van der Waals surface area contributed by atoms with Crippen molar-refractivity contribution in [1.29, 1.82) is 5.41 Å². The summed E-state index contributed by atoms with van der Waals surface area (Å²) in [6, 6.07) is 8.32. The molecule has 0 saturated heterocycles. The van der Waals surface area contributed by atoms with Crippen LogP contribution < -0.4 is 10.6 Å². The largest absolute Gasteiger partial charge is 0.386 e. The second-order valence-corrected chi connectivity index (χ2v) is 3.38. The number of nitrogens with two attached hydrogens (primary N) is 1. The van der Waals surface area contributed by atoms with E-state index in [0.717, 1.165) is 0 Å². The van der Waals surface area contributed by atoms with E-state index in [0.29, 0.717) is 5.69 Å². The maximum Gasteiger partial charge on any atom is 0.251 e. The first-order valence-electron chi connectivity index (χ1n) is 5.09. The molecule has 1 amide bonds. The summed E-state index contributed by atoms with van der Waals surface area (Å²) in [6.45, 7) is 7.04. The van der Waals surface area contributed by atoms with Crippen molar-refractivity contribution in [3.05, 3.63) is 55.6 Å². The Labute approximate surface area is 101 Å². The summed E-state index contributed by atoms with van der Waals surface area (Å²) < 4.78 is 0. The van der Waals surface area contributed by atoms with Gasteiger partial charge in [-0.05, 0) is 18.2 Å². The van der Waals surface area contributed by atoms with Gasteiger partial charge >= 0.3 is 0 Å². The zero-order valence-corrected chi connectivity index (χ0v) is 9.47. The highest BCUT2D eigenvalue weighted by molar-refractivity contribution is 6.06. The van der Waals surface area contributed by atoms with Gasteiger partial charge in [0.2, 0.25) is 0 Å². The number of benzene rings is 1. The molecule has 3 N–H and O–H groups in total. The van der Waals surface area contributed by atoms with Crippen LogP contribution in [-0.4, -0.2) is 17.8 Å². The molecule has 0 bridgehead atoms. The van der Waals surface area contributed by atoms with Gasteiger partial charge in [-0.25, -0.2) is 0 Å². The van der Waals surface area contributed by atoms with E-state index in [-0.39, 0.29) is 11.7 Å². The van der Waals surface area contributed by atoms with E-state index < -0.39 is 6.04 Å². The van der Waals surface area contributed by atoms with Gasteiger partial charge in [0.15, 0.2) is 0 Å². The molecule has 1 unspecified atom stereocenters. The monoisotopic (exact) mass is 229 g/mol. The Hall–Kier alpha value is -2.36. The van der Waals surface area contributed by atoms with E-state index in [1.165, 1.54) is 17.1 Å². The maximum absolute atomic E-state index is 11.8. The normalized spacial score (nSPS) is 11.3. The highest BCUT2D eigenvalue weighted by atomic mass is 16.2. The molecule has 0 fully saturated rings. The third kappa shape index (κ3) is 2.81. The van der Waals surface area contributed by atoms with Gasteiger partial charge < -0.3 is 5.73 Å². The lowest BCUT2D eigenvalue weighted by Crippen LogP contribution is -2.46. The average molecular weight is 229 g/mol. The lowest BCUT2D eigenvalue weighted by molar-refractivity contribution is -0.114. The number of amides is 1. The highest BCUT2D eigenvalue weighted by Crippen LogP contribution is 2.17. The summed E-state index contributed by atoms with van der Waals surface area (Å²) >= 11 is 0. The van der Waals surface area contributed by atoms with Gasteiger partial charge in [0.1, 0.15) is 11.9 Å². The van der Waals surface area contributed by atoms with E-state index in [1.807, 2.05) is 6.07 Å². The number of para-hydroxylation sites is 1. The van der Waals surface area contributed by atoms with Crippen molar-refractivity contribution in [2.45, 2.75) is 6.04 Å². The van der Waals surface area contributed by atoms with Crippen molar-refractivity contribution in [3.63, 3.8) is 0 Å². The van der Waals surface area contributed by atoms with E-state index in [1.54, 1.807) is 24.3 Å². The van der Waals surface area contributed by atoms with Crippen LogP contribution in [0.2, 0.25) is 0 Å². The summed E-state index contributed by atoms with van der Waals surface area (Å²) in [6.07, 6.45) is 2.64. The minimum atomic E-state index is -0.664. The second kappa shape index (κ2) is 5.65. The van der Waals surface area contributed by atoms with Gasteiger partial charge in [0.05, 0.1) is 0 Å². The van der Waals surface area contributed by atoms with Crippen molar-refractivity contribution in [3.8, 4) is 0 Å². The molecule has 0 heterocycles. The molecule has 0 aliphatic carbocycles. The molecule has 4 nitrogen and oxygen atoms in total. The molecular formula is C13H15N3O. The smallest absolute Gasteiger partial charge is 0.251 e. The predicted molar refractivity (Wildman–Crippen MR) is 70.0 cm³/mol. The number of carbonyl (C=O) groups excluding carboxylic acids is 1. The summed E-state index contributed by atoms with van der Waals surface area (Å²) in [5, 5.41) is 7.48. The molecule has 0 aromatic heterocycles. The second-order valence-electron chi connectivity index (χ2n) is 3.38. The Morgan fingerprint density at radius 1 is 1.35 bits per heavy atom. The van der Waals surface area contributed by atoms with Crippen LogP contribution in [0.4, 0.5) is 5.69 Å². The van der Waals surface area contributed by atoms with Crippen LogP contribution in [0.3, 0.4) is 0 Å². The lowest BCUT2D eigenvalue weighted by Gasteiger charge is -2.27. The molecule has 0 aliphatic rings. The van der Waals surface area contributed by atoms with Gasteiger partial charge in [-0.15, -0.1) is 6.58 Å². The van der Waals surface area contributed by atoms with Crippen LogP contribution in [0.5, 0.6) is 0 Å². The van der Waals surface area contributed by atoms with Crippen LogP contribution in [-0.2, 0) is 4.79 Å². The number of carbonyl (C=O) groups is 1. The molecule has 1 aromatic rings. The van der Waals surface area contributed by atoms with Crippen molar-refractivity contribution < 1.29 is 4.79 Å². The molecule has 1 rings (SSSR count). The van der Waals surface area contributed by atoms with E-state index in [2.05, 4.69) is 13.2 Å². The Morgan fingerprint density at radius 2 is 1.94 bits per heavy atom. The van der Waals surface area contributed by atoms with Crippen molar-refractivity contribution in [2.75, 3.05) is 4.90 Å². The Bertz CT molecular complexity index is 439. The summed E-state index contributed by atoms with van der Waals surface area (Å²) in [4.78, 5) is 13.2. The maximum atomic E-state index is 11.8. The third-order valence-electron chi connectivity index (χ3n) is 2.27. The minimum Gasteiger partial charge on any atom is -0.386 e. The van der Waals surface area contributed by atoms with Gasteiger partial charge in [0.25, 0.3) is 5.91 Å². The van der Waals surface area contributed by atoms with Crippen LogP contribution in [0, 0.1) is 5.41 Å². The van der Waals surface area contributed by atoms with Crippen molar-refractivity contribution in [2.24, 2.45) is 5.73 Å². The van der Waals surface area contributed by atoms with Crippen LogP contribution in [0.25, 0.3) is 0 Å². The van der Waals surface area contributed by atoms with E-state index >= 15 is 0 Å². The lowest BCUT2D eigenvalue weighted by atomic mass is 10.1. The van der Waals surface area contributed by atoms with E-state index in [4.69, 9.17) is 11.1 Å². The Morgan fingerprint density at radius 3 is 2.35 bits per heavy atom. The van der Waals surface area contributed by atoms with Gasteiger partial charge in [-0.1, -0.05) is 30.9 Å². The first kappa shape index (κ1) is 12.7. The molecule has 1 atom stereocenters. The standard InChI is InChI=1S/C13H15N3O/c1-3-11(13(14)15)16(12(17)4-2)10-8-6-5-7-9-10/h3-9,11H,1-2H2,(H3,14,15). The van der Waals surface area contributed by atoms with Crippen LogP contribution in [0.1, 0.15) is 0 Å². The van der Waals surface area contributed by atoms with Gasteiger partial charge in [-0.2, -0.15) is 0 Å². The number of amidine groups is 1. The quantitative estimate of drug-likeness (QED) is 0.349. The first-order chi connectivity index (χ1) is 8.11. The number of nitrogens with one attached hydrogen (secondary N) is 1. The number of rotatable bonds is 5. The number of hydrogen-bond donors (Lipinski definition) is 2. The van der Waals surface area contributed by atoms with Crippen LogP contribution >= 0.6 is 0 Å². The van der Waals surface area contributed by atoms with Crippen LogP contribution in [0.15, 0.2) is 55.6 Å². The summed E-state index contributed by atoms with van der Waals surface area (Å²) in [5.41, 5.74) is 6.11. The SMILES string of the molecule is C=CC(=O)N(c1ccccc1)C(C=C)C(=N)N. The van der Waals surface area contributed by atoms with Gasteiger partial charge in [0, 0.05) is 5.69 Å². The first-order valence-corrected chi connectivity index (χ1v) is 5.09. The molecule has 0 spiro atoms. The fourth-order valence-corrected chi connectivity index (χ4v) is 1.48. The molecule has 0 aliphatic heterocycles. The molecule has 0 radical (unpaired) electrons. The summed E-state index contributed by atoms with van der Waals surface area (Å²) in [7, 11) is 0.